The van der Waals surface area contributed by atoms with Crippen molar-refractivity contribution in [1.82, 2.24) is 5.32 Å². The highest BCUT2D eigenvalue weighted by Gasteiger charge is 2.45. The number of hydrogen-bond acceptors (Lipinski definition) is 12. The Kier molecular flexibility index (Phi) is 14.7. The molecule has 16 nitrogen and oxygen atoms in total. The van der Waals surface area contributed by atoms with Crippen molar-refractivity contribution in [2.24, 2.45) is 5.92 Å². The first kappa shape index (κ1) is 47.2. The summed E-state index contributed by atoms with van der Waals surface area (Å²) in [7, 11) is -8.31. The molecular formula is C42H58N3O13S2+. The Hall–Kier alpha value is -3.85. The number of nitrogens with zero attached hydrogens (tertiary/aromatic N) is 2. The van der Waals surface area contributed by atoms with Gasteiger partial charge in [-0.1, -0.05) is 19.9 Å². The van der Waals surface area contributed by atoms with Gasteiger partial charge in [-0.25, -0.2) is 0 Å². The maximum Gasteiger partial charge on any atom is 0.264 e. The van der Waals surface area contributed by atoms with Gasteiger partial charge < -0.3 is 35.7 Å². The zero-order valence-electron chi connectivity index (χ0n) is 34.4. The van der Waals surface area contributed by atoms with Crippen LogP contribution < -0.4 is 10.2 Å². The highest BCUT2D eigenvalue weighted by atomic mass is 32.2. The van der Waals surface area contributed by atoms with Gasteiger partial charge in [0.05, 0.1) is 29.6 Å². The van der Waals surface area contributed by atoms with E-state index in [9.17, 15) is 56.0 Å². The van der Waals surface area contributed by atoms with E-state index in [1.165, 1.54) is 0 Å². The average molecular weight is 877 g/mol. The van der Waals surface area contributed by atoms with Gasteiger partial charge in [0.15, 0.2) is 11.5 Å². The number of benzene rings is 2. The topological polar surface area (TPSA) is 262 Å². The number of carbonyl (C=O) groups is 2. The molecule has 0 bridgehead atoms. The molecule has 330 valence electrons. The van der Waals surface area contributed by atoms with Gasteiger partial charge in [-0.3, -0.25) is 18.7 Å². The molecule has 1 aliphatic carbocycles. The van der Waals surface area contributed by atoms with Crippen molar-refractivity contribution in [2.75, 3.05) is 42.6 Å². The number of carbonyl (C=O) groups excluding carboxylic acids is 2. The highest BCUT2D eigenvalue weighted by Crippen LogP contribution is 2.49. The molecule has 3 aliphatic rings. The zero-order chi connectivity index (χ0) is 44.4. The maximum absolute atomic E-state index is 13.3. The van der Waals surface area contributed by atoms with E-state index in [1.54, 1.807) is 18.2 Å². The largest absolute Gasteiger partial charge is 0.394 e. The van der Waals surface area contributed by atoms with Crippen LogP contribution in [-0.2, 0) is 31.1 Å². The molecular weight excluding hydrogens is 819 g/mol. The summed E-state index contributed by atoms with van der Waals surface area (Å²) < 4.78 is 66.7. The van der Waals surface area contributed by atoms with Crippen LogP contribution in [0, 0.1) is 5.92 Å². The summed E-state index contributed by atoms with van der Waals surface area (Å²) in [6.07, 6.45) is 1.80. The minimum atomic E-state index is -4.18. The number of amides is 1. The Bertz CT molecular complexity index is 2260. The number of unbranched alkanes of at least 4 members (excludes halogenated alkanes) is 2. The van der Waals surface area contributed by atoms with Crippen molar-refractivity contribution < 1.29 is 65.6 Å². The zero-order valence-corrected chi connectivity index (χ0v) is 36.0. The SMILES string of the molecule is CC1(C)C(/C=C/C=C2/N(CCCCS(=O)(=O)O)c3ccc(C(=O)C4CC4)cc3C2(C)C)=[N+](CCCCS(=O)(=O)O)c2ccc(C(=O)NCC(O)C(O)C(O)C(O)CO)cc21. The van der Waals surface area contributed by atoms with Crippen molar-refractivity contribution in [2.45, 2.75) is 101 Å². The lowest BCUT2D eigenvalue weighted by atomic mass is 9.80. The van der Waals surface area contributed by atoms with E-state index >= 15 is 0 Å². The van der Waals surface area contributed by atoms with Gasteiger partial charge in [-0.15, -0.1) is 0 Å². The summed E-state index contributed by atoms with van der Waals surface area (Å²) in [6, 6.07) is 10.8. The smallest absolute Gasteiger partial charge is 0.264 e. The number of rotatable bonds is 21. The summed E-state index contributed by atoms with van der Waals surface area (Å²) in [6.45, 7) is 7.57. The lowest BCUT2D eigenvalue weighted by Gasteiger charge is -2.27. The Morgan fingerprint density at radius 3 is 2.05 bits per heavy atom. The van der Waals surface area contributed by atoms with Gasteiger partial charge in [0.1, 0.15) is 24.9 Å². The van der Waals surface area contributed by atoms with Crippen molar-refractivity contribution in [1.29, 1.82) is 0 Å². The van der Waals surface area contributed by atoms with Crippen LogP contribution in [0.5, 0.6) is 0 Å². The van der Waals surface area contributed by atoms with E-state index in [-0.39, 0.29) is 35.9 Å². The number of hydrogen-bond donors (Lipinski definition) is 8. The Balaban J connectivity index is 1.46. The molecule has 2 aromatic carbocycles. The van der Waals surface area contributed by atoms with Crippen molar-refractivity contribution >= 4 is 49.0 Å². The highest BCUT2D eigenvalue weighted by molar-refractivity contribution is 7.86. The van der Waals surface area contributed by atoms with Crippen LogP contribution in [0.25, 0.3) is 0 Å². The van der Waals surface area contributed by atoms with Crippen molar-refractivity contribution in [3.63, 3.8) is 0 Å². The Morgan fingerprint density at radius 2 is 1.43 bits per heavy atom. The van der Waals surface area contributed by atoms with Gasteiger partial charge in [0, 0.05) is 71.1 Å². The molecule has 0 aromatic heterocycles. The standard InChI is InChI=1S/C42H57N3O13S2/c1-41(2)29-22-27(37(49)26-12-13-26)14-16-31(29)44(18-5-7-20-59(53,54)55)35(41)10-9-11-36-42(3,4)30-23-28(15-17-32(30)45(36)19-6-8-21-60(56,57)58)40(52)43-24-33(47)38(50)39(51)34(48)25-46/h9-11,14-17,22-23,26,33-34,38-39,46-48,50-51H,5-8,12-13,18-21,24-25H2,1-4H3,(H2-,43,52,53,54,55,56,57,58)/p+1. The van der Waals surface area contributed by atoms with Gasteiger partial charge in [-0.05, 0) is 87.9 Å². The Labute approximate surface area is 351 Å². The molecule has 0 saturated heterocycles. The monoisotopic (exact) mass is 876 g/mol. The fraction of sp³-hybridized carbons (Fsp3) is 0.548. The molecule has 1 amide bonds. The average Bonchev–Trinajstić information content (AvgIpc) is 3.98. The lowest BCUT2D eigenvalue weighted by Crippen LogP contribution is -2.49. The number of aliphatic hydroxyl groups is 5. The van der Waals surface area contributed by atoms with Gasteiger partial charge in [0.2, 0.25) is 5.69 Å². The minimum absolute atomic E-state index is 0.0417. The third-order valence-corrected chi connectivity index (χ3v) is 13.3. The van der Waals surface area contributed by atoms with Gasteiger partial charge >= 0.3 is 0 Å². The second-order valence-electron chi connectivity index (χ2n) is 16.9. The summed E-state index contributed by atoms with van der Waals surface area (Å²) in [5, 5.41) is 51.7. The second kappa shape index (κ2) is 18.6. The molecule has 4 atom stereocenters. The number of fused-ring (bicyclic) bond motifs is 2. The minimum Gasteiger partial charge on any atom is -0.394 e. The third-order valence-electron chi connectivity index (χ3n) is 11.7. The van der Waals surface area contributed by atoms with Crippen LogP contribution in [0.2, 0.25) is 0 Å². The van der Waals surface area contributed by atoms with E-state index in [0.29, 0.717) is 31.5 Å². The normalized spacial score (nSPS) is 20.0. The molecule has 2 aliphatic heterocycles. The lowest BCUT2D eigenvalue weighted by molar-refractivity contribution is -0.438. The van der Waals surface area contributed by atoms with Crippen LogP contribution in [0.4, 0.5) is 11.4 Å². The second-order valence-corrected chi connectivity index (χ2v) is 20.1. The van der Waals surface area contributed by atoms with E-state index in [1.807, 2.05) is 54.9 Å². The number of ketones is 1. The summed E-state index contributed by atoms with van der Waals surface area (Å²) in [5.74, 6) is -1.21. The fourth-order valence-electron chi connectivity index (χ4n) is 8.03. The number of Topliss-reactive ketones (excluding diaryl/α,β-unsaturated/α-hetero) is 1. The molecule has 2 heterocycles. The molecule has 8 N–H and O–H groups in total. The van der Waals surface area contributed by atoms with E-state index in [0.717, 1.165) is 46.8 Å². The van der Waals surface area contributed by atoms with E-state index < -0.39 is 80.3 Å². The molecule has 0 radical (unpaired) electrons. The number of aliphatic hydroxyl groups excluding tert-OH is 5. The Morgan fingerprint density at radius 1 is 0.833 bits per heavy atom. The molecule has 18 heteroatoms. The fourth-order valence-corrected chi connectivity index (χ4v) is 9.17. The molecule has 60 heavy (non-hydrogen) atoms. The molecule has 0 spiro atoms. The first-order chi connectivity index (χ1) is 28.0. The van der Waals surface area contributed by atoms with Gasteiger partial charge in [-0.2, -0.15) is 21.4 Å². The van der Waals surface area contributed by atoms with Crippen LogP contribution in [0.15, 0.2) is 60.3 Å². The quantitative estimate of drug-likeness (QED) is 0.0388. The van der Waals surface area contributed by atoms with Crippen LogP contribution >= 0.6 is 0 Å². The molecule has 2 aromatic rings. The van der Waals surface area contributed by atoms with Crippen molar-refractivity contribution in [3.05, 3.63) is 82.6 Å². The molecule has 1 fully saturated rings. The molecule has 5 rings (SSSR count). The predicted molar refractivity (Wildman–Crippen MR) is 225 cm³/mol. The summed E-state index contributed by atoms with van der Waals surface area (Å²) >= 11 is 0. The predicted octanol–water partition coefficient (Wildman–Crippen LogP) is 2.40. The van der Waals surface area contributed by atoms with Crippen molar-refractivity contribution in [3.8, 4) is 0 Å². The number of nitrogens with one attached hydrogen (secondary N) is 1. The van der Waals surface area contributed by atoms with Crippen LogP contribution in [0.1, 0.15) is 98.1 Å². The van der Waals surface area contributed by atoms with Crippen LogP contribution in [-0.4, -0.2) is 136 Å². The number of allylic oxidation sites excluding steroid dienone is 4. The maximum atomic E-state index is 13.3. The number of anilines is 1. The molecule has 4 unspecified atom stereocenters. The van der Waals surface area contributed by atoms with Crippen LogP contribution in [0.3, 0.4) is 0 Å². The summed E-state index contributed by atoms with van der Waals surface area (Å²) in [4.78, 5) is 28.5. The summed E-state index contributed by atoms with van der Waals surface area (Å²) in [5.41, 5.74) is 4.68. The first-order valence-electron chi connectivity index (χ1n) is 20.1. The molecule has 1 saturated carbocycles. The first-order valence-corrected chi connectivity index (χ1v) is 23.4. The van der Waals surface area contributed by atoms with E-state index in [4.69, 9.17) is 5.11 Å². The van der Waals surface area contributed by atoms with E-state index in [2.05, 4.69) is 24.1 Å². The van der Waals surface area contributed by atoms with Gasteiger partial charge in [0.25, 0.3) is 26.1 Å². The third kappa shape index (κ3) is 11.0.